The van der Waals surface area contributed by atoms with Crippen LogP contribution in [0.1, 0.15) is 43.8 Å². The molecule has 0 aliphatic heterocycles. The van der Waals surface area contributed by atoms with E-state index in [1.54, 1.807) is 4.68 Å². The topological polar surface area (TPSA) is 79.3 Å². The molecule has 0 amide bonds. The highest BCUT2D eigenvalue weighted by molar-refractivity contribution is 5.71. The number of rotatable bonds is 3. The van der Waals surface area contributed by atoms with Crippen molar-refractivity contribution in [3.05, 3.63) is 5.69 Å². The Bertz CT molecular complexity index is 396. The minimum atomic E-state index is -0.541. The van der Waals surface area contributed by atoms with E-state index in [0.29, 0.717) is 5.69 Å². The highest BCUT2D eigenvalue weighted by atomic mass is 16.6. The summed E-state index contributed by atoms with van der Waals surface area (Å²) in [4.78, 5) is 11.2. The smallest absolute Gasteiger partial charge is 0.316 e. The molecule has 1 fully saturated rings. The molecule has 2 rings (SSSR count). The normalized spacial score (nSPS) is 17.0. The van der Waals surface area contributed by atoms with Crippen LogP contribution in [-0.4, -0.2) is 18.4 Å². The minimum Gasteiger partial charge on any atom is -0.539 e. The molecule has 1 aromatic heterocycles. The number of hydrogen-bond acceptors (Lipinski definition) is 5. The van der Waals surface area contributed by atoms with Crippen LogP contribution in [0.5, 0.6) is 5.95 Å². The molecule has 0 aromatic carbocycles. The molecular weight excluding hydrogens is 224 g/mol. The molecule has 6 nitrogen and oxygen atoms in total. The Balaban J connectivity index is 2.18. The Kier molecular flexibility index (Phi) is 3.61. The zero-order valence-corrected chi connectivity index (χ0v) is 9.85. The fourth-order valence-electron chi connectivity index (χ4n) is 2.25. The van der Waals surface area contributed by atoms with Gasteiger partial charge in [-0.1, -0.05) is 11.1 Å². The van der Waals surface area contributed by atoms with Gasteiger partial charge in [-0.15, -0.1) is 0 Å². The molecule has 0 unspecified atom stereocenters. The van der Waals surface area contributed by atoms with Crippen molar-refractivity contribution in [1.29, 1.82) is 0 Å². The predicted octanol–water partition coefficient (Wildman–Crippen LogP) is 0.256. The molecule has 1 heterocycles. The van der Waals surface area contributed by atoms with E-state index in [0.717, 1.165) is 25.7 Å². The third-order valence-corrected chi connectivity index (χ3v) is 3.18. The van der Waals surface area contributed by atoms with Gasteiger partial charge in [0.25, 0.3) is 0 Å². The summed E-state index contributed by atoms with van der Waals surface area (Å²) in [6.07, 6.45) is 5.34. The first-order chi connectivity index (χ1) is 8.22. The quantitative estimate of drug-likeness (QED) is 0.559. The second kappa shape index (κ2) is 5.16. The van der Waals surface area contributed by atoms with E-state index in [1.807, 2.05) is 0 Å². The van der Waals surface area contributed by atoms with Crippen molar-refractivity contribution in [3.63, 3.8) is 0 Å². The van der Waals surface area contributed by atoms with E-state index in [-0.39, 0.29) is 12.5 Å². The number of esters is 1. The second-order valence-electron chi connectivity index (χ2n) is 4.30. The number of carbonyl (C=O) groups excluding carboxylic acids is 1. The Labute approximate surface area is 99.1 Å². The van der Waals surface area contributed by atoms with Crippen LogP contribution < -0.4 is 9.79 Å². The molecule has 1 saturated carbocycles. The summed E-state index contributed by atoms with van der Waals surface area (Å²) < 4.78 is 10.8. The van der Waals surface area contributed by atoms with Crippen LogP contribution in [-0.2, 0) is 16.0 Å². The third kappa shape index (κ3) is 2.57. The third-order valence-electron chi connectivity index (χ3n) is 3.18. The number of nitrogens with zero attached hydrogens (tertiary/aromatic N) is 2. The first-order valence-corrected chi connectivity index (χ1v) is 5.86. The average molecular weight is 240 g/mol. The molecule has 0 bridgehead atoms. The van der Waals surface area contributed by atoms with Gasteiger partial charge < -0.3 is 14.4 Å². The Morgan fingerprint density at radius 3 is 2.88 bits per heavy atom. The summed E-state index contributed by atoms with van der Waals surface area (Å²) >= 11 is 0. The van der Waals surface area contributed by atoms with Crippen LogP contribution in [0.2, 0.25) is 0 Å². The summed E-state index contributed by atoms with van der Waals surface area (Å²) in [5.74, 6) is -0.990. The van der Waals surface area contributed by atoms with Crippen LogP contribution in [0.15, 0.2) is 4.52 Å². The van der Waals surface area contributed by atoms with Gasteiger partial charge in [-0.2, -0.15) is 0 Å². The molecule has 0 radical (unpaired) electrons. The summed E-state index contributed by atoms with van der Waals surface area (Å²) in [5.41, 5.74) is 0.295. The molecule has 0 spiro atoms. The summed E-state index contributed by atoms with van der Waals surface area (Å²) in [5, 5.41) is 15.2. The zero-order valence-electron chi connectivity index (χ0n) is 9.85. The standard InChI is InChI=1S/C11H16N2O4/c1-16-10(14)7-9-11(15)17-12-13(9)8-5-3-2-4-6-8/h8H,2-7H2,1H3. The molecule has 1 aromatic rings. The predicted molar refractivity (Wildman–Crippen MR) is 54.0 cm³/mol. The van der Waals surface area contributed by atoms with Gasteiger partial charge in [-0.25, -0.2) is 0 Å². The van der Waals surface area contributed by atoms with Crippen molar-refractivity contribution in [3.8, 4) is 5.95 Å². The average Bonchev–Trinajstić information content (AvgIpc) is 2.72. The number of methoxy groups -OCH3 is 1. The van der Waals surface area contributed by atoms with E-state index in [9.17, 15) is 9.90 Å². The number of carbonyl (C=O) groups is 1. The van der Waals surface area contributed by atoms with Crippen molar-refractivity contribution in [2.45, 2.75) is 44.6 Å². The molecule has 6 heteroatoms. The summed E-state index contributed by atoms with van der Waals surface area (Å²) in [6, 6.07) is 0.176. The molecule has 17 heavy (non-hydrogen) atoms. The molecule has 0 N–H and O–H groups in total. The van der Waals surface area contributed by atoms with Gasteiger partial charge in [0, 0.05) is 12.8 Å². The molecule has 0 atom stereocenters. The lowest BCUT2D eigenvalue weighted by Crippen LogP contribution is -2.46. The van der Waals surface area contributed by atoms with Crippen LogP contribution in [0.25, 0.3) is 0 Å². The van der Waals surface area contributed by atoms with E-state index in [4.69, 9.17) is 0 Å². The van der Waals surface area contributed by atoms with E-state index < -0.39 is 11.9 Å². The zero-order chi connectivity index (χ0) is 12.3. The Morgan fingerprint density at radius 2 is 2.24 bits per heavy atom. The SMILES string of the molecule is COC(=O)Cc1c([O-])on[n+]1C1CCCCC1. The maximum atomic E-state index is 11.5. The summed E-state index contributed by atoms with van der Waals surface area (Å²) in [6.45, 7) is 0. The Hall–Kier alpha value is -1.59. The maximum Gasteiger partial charge on any atom is 0.316 e. The first-order valence-electron chi connectivity index (χ1n) is 5.86. The lowest BCUT2D eigenvalue weighted by molar-refractivity contribution is -0.792. The fourth-order valence-corrected chi connectivity index (χ4v) is 2.25. The highest BCUT2D eigenvalue weighted by Gasteiger charge is 2.30. The molecule has 0 saturated heterocycles. The van der Waals surface area contributed by atoms with Crippen molar-refractivity contribution >= 4 is 5.97 Å². The molecule has 1 aliphatic rings. The fraction of sp³-hybridized carbons (Fsp3) is 0.727. The summed E-state index contributed by atoms with van der Waals surface area (Å²) in [7, 11) is 1.30. The Morgan fingerprint density at radius 1 is 1.53 bits per heavy atom. The lowest BCUT2D eigenvalue weighted by atomic mass is 9.95. The van der Waals surface area contributed by atoms with Gasteiger partial charge >= 0.3 is 5.97 Å². The second-order valence-corrected chi connectivity index (χ2v) is 4.30. The van der Waals surface area contributed by atoms with Crippen LogP contribution >= 0.6 is 0 Å². The number of ether oxygens (including phenoxy) is 1. The van der Waals surface area contributed by atoms with E-state index in [1.165, 1.54) is 13.5 Å². The minimum absolute atomic E-state index is 0.0741. The largest absolute Gasteiger partial charge is 0.539 e. The molecule has 94 valence electrons. The highest BCUT2D eigenvalue weighted by Crippen LogP contribution is 2.25. The van der Waals surface area contributed by atoms with Crippen LogP contribution in [0.4, 0.5) is 0 Å². The van der Waals surface area contributed by atoms with Gasteiger partial charge in [0.1, 0.15) is 6.42 Å². The first kappa shape index (κ1) is 11.9. The van der Waals surface area contributed by atoms with E-state index in [2.05, 4.69) is 14.5 Å². The van der Waals surface area contributed by atoms with Gasteiger partial charge in [-0.05, 0) is 12.8 Å². The van der Waals surface area contributed by atoms with Crippen molar-refractivity contribution in [1.82, 2.24) is 5.27 Å². The monoisotopic (exact) mass is 240 g/mol. The van der Waals surface area contributed by atoms with Gasteiger partial charge in [0.15, 0.2) is 12.0 Å². The van der Waals surface area contributed by atoms with Gasteiger partial charge in [0.2, 0.25) is 5.69 Å². The lowest BCUT2D eigenvalue weighted by Gasteiger charge is -2.15. The van der Waals surface area contributed by atoms with E-state index >= 15 is 0 Å². The van der Waals surface area contributed by atoms with Crippen molar-refractivity contribution in [2.75, 3.05) is 7.11 Å². The number of hydrogen-bond donors (Lipinski definition) is 0. The van der Waals surface area contributed by atoms with Crippen molar-refractivity contribution in [2.24, 2.45) is 0 Å². The van der Waals surface area contributed by atoms with Gasteiger partial charge in [-0.3, -0.25) is 4.79 Å². The number of aromatic nitrogens is 2. The maximum absolute atomic E-state index is 11.5. The van der Waals surface area contributed by atoms with Crippen molar-refractivity contribution < 1.29 is 23.8 Å². The van der Waals surface area contributed by atoms with Crippen LogP contribution in [0.3, 0.4) is 0 Å². The van der Waals surface area contributed by atoms with Gasteiger partial charge in [0.05, 0.1) is 12.4 Å². The van der Waals surface area contributed by atoms with Crippen LogP contribution in [0, 0.1) is 0 Å². The molecule has 1 aliphatic carbocycles. The molecular formula is C11H16N2O4.